The largest absolute Gasteiger partial charge is 0.374 e. The smallest absolute Gasteiger partial charge is 0.270 e. The van der Waals surface area contributed by atoms with E-state index in [1.807, 2.05) is 27.7 Å². The summed E-state index contributed by atoms with van der Waals surface area (Å²) in [5.74, 6) is 0.241. The van der Waals surface area contributed by atoms with E-state index in [4.69, 9.17) is 5.73 Å². The van der Waals surface area contributed by atoms with Gasteiger partial charge in [0.2, 0.25) is 5.13 Å². The molecule has 9 nitrogen and oxygen atoms in total. The Morgan fingerprint density at radius 3 is 2.75 bits per heavy atom. The number of amides is 1. The topological polar surface area (TPSA) is 124 Å². The van der Waals surface area contributed by atoms with Crippen molar-refractivity contribution in [1.82, 2.24) is 35.1 Å². The number of hydrogen-bond donors (Lipinski definition) is 2. The summed E-state index contributed by atoms with van der Waals surface area (Å²) in [6.07, 6.45) is 1.42. The fourth-order valence-electron chi connectivity index (χ4n) is 2.25. The molecule has 0 bridgehead atoms. The third-order valence-electron chi connectivity index (χ3n) is 3.50. The second-order valence-electron chi connectivity index (χ2n) is 6.22. The van der Waals surface area contributed by atoms with Crippen LogP contribution in [0.4, 0.5) is 5.13 Å². The van der Waals surface area contributed by atoms with Crippen LogP contribution in [0.15, 0.2) is 12.4 Å². The monoisotopic (exact) mass is 346 g/mol. The van der Waals surface area contributed by atoms with Gasteiger partial charge in [-0.05, 0) is 25.8 Å². The molecule has 3 rings (SSSR count). The van der Waals surface area contributed by atoms with Gasteiger partial charge in [-0.15, -0.1) is 10.2 Å². The lowest BCUT2D eigenvalue weighted by molar-refractivity contribution is 0.0906. The van der Waals surface area contributed by atoms with E-state index in [1.54, 1.807) is 10.6 Å². The Balaban J connectivity index is 1.94. The molecule has 3 heterocycles. The number of anilines is 1. The molecule has 3 N–H and O–H groups in total. The molecule has 0 spiro atoms. The minimum atomic E-state index is -0.716. The van der Waals surface area contributed by atoms with E-state index in [0.29, 0.717) is 15.9 Å². The van der Waals surface area contributed by atoms with Crippen molar-refractivity contribution in [2.75, 3.05) is 5.73 Å². The molecule has 0 fully saturated rings. The molecular formula is C14H18N8OS. The Morgan fingerprint density at radius 2 is 2.12 bits per heavy atom. The van der Waals surface area contributed by atoms with E-state index in [-0.39, 0.29) is 17.5 Å². The van der Waals surface area contributed by atoms with Crippen molar-refractivity contribution < 1.29 is 4.79 Å². The minimum Gasteiger partial charge on any atom is -0.374 e. The van der Waals surface area contributed by atoms with Crippen molar-refractivity contribution in [2.24, 2.45) is 0 Å². The van der Waals surface area contributed by atoms with Gasteiger partial charge in [0.15, 0.2) is 0 Å². The standard InChI is InChI=1S/C14H18N8OS/c1-7(2)9-5-8(18-13-16-6-17-22(9)13)10(23)19-14(3,4)11-20-21-12(15)24-11/h5-7H,1-4H3,(H2,15,21)(H,19,23). The van der Waals surface area contributed by atoms with Crippen LogP contribution in [-0.2, 0) is 5.54 Å². The number of carbonyl (C=O) groups is 1. The number of hydrogen-bond acceptors (Lipinski definition) is 8. The maximum Gasteiger partial charge on any atom is 0.270 e. The molecule has 0 aromatic carbocycles. The molecule has 3 aromatic heterocycles. The molecule has 0 saturated heterocycles. The predicted octanol–water partition coefficient (Wildman–Crippen LogP) is 1.35. The molecule has 0 unspecified atom stereocenters. The Bertz CT molecular complexity index is 897. The highest BCUT2D eigenvalue weighted by Crippen LogP contribution is 2.25. The molecular weight excluding hydrogens is 328 g/mol. The fourth-order valence-corrected chi connectivity index (χ4v) is 2.92. The van der Waals surface area contributed by atoms with E-state index in [0.717, 1.165) is 5.69 Å². The van der Waals surface area contributed by atoms with Crippen LogP contribution in [0.3, 0.4) is 0 Å². The summed E-state index contributed by atoms with van der Waals surface area (Å²) < 4.78 is 1.64. The van der Waals surface area contributed by atoms with Crippen molar-refractivity contribution >= 4 is 28.2 Å². The van der Waals surface area contributed by atoms with Crippen LogP contribution in [0.25, 0.3) is 5.78 Å². The molecule has 0 saturated carbocycles. The van der Waals surface area contributed by atoms with Crippen LogP contribution < -0.4 is 11.1 Å². The van der Waals surface area contributed by atoms with Crippen LogP contribution in [0.2, 0.25) is 0 Å². The van der Waals surface area contributed by atoms with E-state index in [1.165, 1.54) is 17.7 Å². The summed E-state index contributed by atoms with van der Waals surface area (Å²) in [7, 11) is 0. The normalized spacial score (nSPS) is 12.0. The summed E-state index contributed by atoms with van der Waals surface area (Å²) >= 11 is 1.24. The third kappa shape index (κ3) is 2.92. The van der Waals surface area contributed by atoms with Gasteiger partial charge in [-0.25, -0.2) is 9.50 Å². The average molecular weight is 346 g/mol. The van der Waals surface area contributed by atoms with Crippen molar-refractivity contribution in [1.29, 1.82) is 0 Å². The number of rotatable bonds is 4. The van der Waals surface area contributed by atoms with E-state index in [9.17, 15) is 4.79 Å². The van der Waals surface area contributed by atoms with Gasteiger partial charge in [-0.3, -0.25) is 4.79 Å². The molecule has 0 atom stereocenters. The minimum absolute atomic E-state index is 0.166. The van der Waals surface area contributed by atoms with E-state index in [2.05, 4.69) is 30.6 Å². The maximum atomic E-state index is 12.7. The SMILES string of the molecule is CC(C)c1cc(C(=O)NC(C)(C)c2nnc(N)s2)nc2ncnn12. The Hall–Kier alpha value is -2.62. The lowest BCUT2D eigenvalue weighted by atomic mass is 10.1. The highest BCUT2D eigenvalue weighted by atomic mass is 32.1. The number of aromatic nitrogens is 6. The highest BCUT2D eigenvalue weighted by Gasteiger charge is 2.28. The molecule has 10 heteroatoms. The number of carbonyl (C=O) groups excluding carboxylic acids is 1. The number of nitrogens with zero attached hydrogens (tertiary/aromatic N) is 6. The lowest BCUT2D eigenvalue weighted by Gasteiger charge is -2.23. The van der Waals surface area contributed by atoms with Crippen LogP contribution in [0.5, 0.6) is 0 Å². The molecule has 0 aliphatic rings. The van der Waals surface area contributed by atoms with Gasteiger partial charge in [0, 0.05) is 0 Å². The first kappa shape index (κ1) is 16.2. The van der Waals surface area contributed by atoms with Crippen molar-refractivity contribution in [3.05, 3.63) is 28.8 Å². The van der Waals surface area contributed by atoms with Crippen molar-refractivity contribution in [2.45, 2.75) is 39.2 Å². The number of nitrogens with one attached hydrogen (secondary N) is 1. The summed E-state index contributed by atoms with van der Waals surface area (Å²) in [4.78, 5) is 21.0. The maximum absolute atomic E-state index is 12.7. The summed E-state index contributed by atoms with van der Waals surface area (Å²) in [5, 5.41) is 15.8. The first-order chi connectivity index (χ1) is 11.3. The summed E-state index contributed by atoms with van der Waals surface area (Å²) in [6, 6.07) is 1.73. The van der Waals surface area contributed by atoms with Gasteiger partial charge in [-0.2, -0.15) is 10.1 Å². The van der Waals surface area contributed by atoms with Gasteiger partial charge in [0.25, 0.3) is 11.7 Å². The molecule has 126 valence electrons. The number of nitrogen functional groups attached to an aromatic ring is 1. The van der Waals surface area contributed by atoms with Gasteiger partial charge in [-0.1, -0.05) is 25.2 Å². The molecule has 0 radical (unpaired) electrons. The Kier molecular flexibility index (Phi) is 3.91. The molecule has 0 aliphatic heterocycles. The number of nitrogens with two attached hydrogens (primary N) is 1. The Labute approximate surface area is 142 Å². The molecule has 1 amide bonds. The van der Waals surface area contributed by atoms with Gasteiger partial charge < -0.3 is 11.1 Å². The fraction of sp³-hybridized carbons (Fsp3) is 0.429. The zero-order valence-electron chi connectivity index (χ0n) is 13.8. The van der Waals surface area contributed by atoms with Crippen molar-refractivity contribution in [3.63, 3.8) is 0 Å². The van der Waals surface area contributed by atoms with Crippen LogP contribution >= 0.6 is 11.3 Å². The summed E-state index contributed by atoms with van der Waals surface area (Å²) in [6.45, 7) is 7.71. The molecule has 0 aliphatic carbocycles. The van der Waals surface area contributed by atoms with Gasteiger partial charge in [0.05, 0.1) is 11.2 Å². The van der Waals surface area contributed by atoms with Crippen LogP contribution in [-0.4, -0.2) is 35.7 Å². The molecule has 24 heavy (non-hydrogen) atoms. The zero-order valence-corrected chi connectivity index (χ0v) is 14.6. The number of fused-ring (bicyclic) bond motifs is 1. The first-order valence-corrected chi connectivity index (χ1v) is 8.22. The van der Waals surface area contributed by atoms with Crippen LogP contribution in [0, 0.1) is 0 Å². The summed E-state index contributed by atoms with van der Waals surface area (Å²) in [5.41, 5.74) is 6.05. The zero-order chi connectivity index (χ0) is 17.5. The highest BCUT2D eigenvalue weighted by molar-refractivity contribution is 7.15. The van der Waals surface area contributed by atoms with E-state index >= 15 is 0 Å². The second kappa shape index (κ2) is 5.78. The second-order valence-corrected chi connectivity index (χ2v) is 7.23. The lowest BCUT2D eigenvalue weighted by Crippen LogP contribution is -2.41. The van der Waals surface area contributed by atoms with Gasteiger partial charge >= 0.3 is 0 Å². The third-order valence-corrected chi connectivity index (χ3v) is 4.58. The van der Waals surface area contributed by atoms with Crippen molar-refractivity contribution in [3.8, 4) is 0 Å². The van der Waals surface area contributed by atoms with E-state index < -0.39 is 5.54 Å². The first-order valence-electron chi connectivity index (χ1n) is 7.40. The average Bonchev–Trinajstić information content (AvgIpc) is 3.14. The predicted molar refractivity (Wildman–Crippen MR) is 89.7 cm³/mol. The molecule has 3 aromatic rings. The quantitative estimate of drug-likeness (QED) is 0.730. The Morgan fingerprint density at radius 1 is 1.38 bits per heavy atom. The van der Waals surface area contributed by atoms with Gasteiger partial charge in [0.1, 0.15) is 17.0 Å². The van der Waals surface area contributed by atoms with Crippen LogP contribution in [0.1, 0.15) is 54.8 Å².